The molecule has 0 fully saturated rings. The Hall–Kier alpha value is -2.48. The van der Waals surface area contributed by atoms with Crippen LogP contribution in [0.25, 0.3) is 0 Å². The van der Waals surface area contributed by atoms with Gasteiger partial charge in [-0.25, -0.2) is 9.97 Å². The maximum absolute atomic E-state index is 12.3. The first-order valence-electron chi connectivity index (χ1n) is 7.98. The van der Waals surface area contributed by atoms with Gasteiger partial charge in [0.1, 0.15) is 5.76 Å². The van der Waals surface area contributed by atoms with E-state index in [0.29, 0.717) is 31.2 Å². The molecule has 0 radical (unpaired) electrons. The van der Waals surface area contributed by atoms with Gasteiger partial charge in [-0.3, -0.25) is 4.79 Å². The van der Waals surface area contributed by atoms with Crippen molar-refractivity contribution in [3.8, 4) is 0 Å². The van der Waals surface area contributed by atoms with E-state index in [1.807, 2.05) is 30.8 Å². The van der Waals surface area contributed by atoms with Gasteiger partial charge in [0.25, 0.3) is 5.91 Å². The summed E-state index contributed by atoms with van der Waals surface area (Å²) in [4.78, 5) is 25.1. The number of anilines is 1. The molecule has 2 aromatic heterocycles. The molecule has 0 atom stereocenters. The molecular weight excluding hydrogens is 308 g/mol. The lowest BCUT2D eigenvalue weighted by Gasteiger charge is -2.26. The summed E-state index contributed by atoms with van der Waals surface area (Å²) in [7, 11) is 3.92. The first kappa shape index (κ1) is 16.4. The molecule has 24 heavy (non-hydrogen) atoms. The lowest BCUT2D eigenvalue weighted by molar-refractivity contribution is 0.0941. The van der Waals surface area contributed by atoms with Gasteiger partial charge in [-0.2, -0.15) is 0 Å². The summed E-state index contributed by atoms with van der Waals surface area (Å²) < 4.78 is 5.35. The molecule has 0 saturated carbocycles. The Morgan fingerprint density at radius 3 is 2.83 bits per heavy atom. The number of hydrogen-bond acceptors (Lipinski definition) is 7. The molecule has 2 aromatic rings. The smallest absolute Gasteiger partial charge is 0.273 e. The minimum Gasteiger partial charge on any atom is -0.360 e. The number of carbonyl (C=O) groups excluding carboxylic acids is 1. The van der Waals surface area contributed by atoms with Crippen molar-refractivity contribution in [2.75, 3.05) is 38.6 Å². The largest absolute Gasteiger partial charge is 0.360 e. The fourth-order valence-electron chi connectivity index (χ4n) is 2.58. The van der Waals surface area contributed by atoms with E-state index in [1.54, 1.807) is 12.4 Å². The Kier molecular flexibility index (Phi) is 4.75. The molecule has 0 spiro atoms. The zero-order chi connectivity index (χ0) is 17.1. The van der Waals surface area contributed by atoms with Crippen LogP contribution in [0.5, 0.6) is 0 Å². The zero-order valence-electron chi connectivity index (χ0n) is 14.2. The predicted molar refractivity (Wildman–Crippen MR) is 88.9 cm³/mol. The van der Waals surface area contributed by atoms with Crippen LogP contribution in [0.3, 0.4) is 0 Å². The third kappa shape index (κ3) is 3.53. The van der Waals surface area contributed by atoms with Crippen molar-refractivity contribution in [3.63, 3.8) is 0 Å². The lowest BCUT2D eigenvalue weighted by Crippen LogP contribution is -2.35. The average Bonchev–Trinajstić information content (AvgIpc) is 2.98. The van der Waals surface area contributed by atoms with Crippen LogP contribution in [0.4, 0.5) is 5.95 Å². The van der Waals surface area contributed by atoms with Gasteiger partial charge >= 0.3 is 0 Å². The average molecular weight is 330 g/mol. The summed E-state index contributed by atoms with van der Waals surface area (Å²) in [5, 5.41) is 6.85. The van der Waals surface area contributed by atoms with Crippen LogP contribution in [0.2, 0.25) is 0 Å². The highest BCUT2D eigenvalue weighted by Gasteiger charge is 2.28. The monoisotopic (exact) mass is 330 g/mol. The number of aromatic nitrogens is 3. The molecule has 3 rings (SSSR count). The zero-order valence-corrected chi connectivity index (χ0v) is 14.2. The number of nitrogens with zero attached hydrogens (tertiary/aromatic N) is 5. The second kappa shape index (κ2) is 6.96. The lowest BCUT2D eigenvalue weighted by atomic mass is 10.1. The molecule has 128 valence electrons. The Balaban J connectivity index is 1.72. The third-order valence-corrected chi connectivity index (χ3v) is 3.94. The van der Waals surface area contributed by atoms with E-state index in [0.717, 1.165) is 30.0 Å². The normalized spacial score (nSPS) is 13.9. The fourth-order valence-corrected chi connectivity index (χ4v) is 2.58. The maximum Gasteiger partial charge on any atom is 0.273 e. The van der Waals surface area contributed by atoms with Crippen LogP contribution >= 0.6 is 0 Å². The summed E-state index contributed by atoms with van der Waals surface area (Å²) in [6.07, 6.45) is 4.27. The van der Waals surface area contributed by atoms with Gasteiger partial charge in [0.05, 0.1) is 6.54 Å². The van der Waals surface area contributed by atoms with Crippen LogP contribution in [0, 0.1) is 6.92 Å². The second-order valence-electron chi connectivity index (χ2n) is 6.22. The number of nitrogens with one attached hydrogen (secondary N) is 1. The maximum atomic E-state index is 12.3. The highest BCUT2D eigenvalue weighted by atomic mass is 16.5. The van der Waals surface area contributed by atoms with Crippen molar-refractivity contribution >= 4 is 11.9 Å². The predicted octanol–water partition coefficient (Wildman–Crippen LogP) is 0.627. The second-order valence-corrected chi connectivity index (χ2v) is 6.22. The van der Waals surface area contributed by atoms with Crippen LogP contribution in [0.15, 0.2) is 16.9 Å². The highest BCUT2D eigenvalue weighted by Crippen LogP contribution is 2.24. The quantitative estimate of drug-likeness (QED) is 0.860. The molecule has 0 unspecified atom stereocenters. The number of fused-ring (bicyclic) bond motifs is 1. The topological polar surface area (TPSA) is 87.4 Å². The van der Waals surface area contributed by atoms with Gasteiger partial charge in [-0.05, 0) is 26.6 Å². The molecule has 0 bridgehead atoms. The van der Waals surface area contributed by atoms with Gasteiger partial charge in [0, 0.05) is 44.0 Å². The van der Waals surface area contributed by atoms with Crippen molar-refractivity contribution in [2.45, 2.75) is 19.9 Å². The molecular formula is C16H22N6O2. The fraction of sp³-hybridized carbons (Fsp3) is 0.500. The SMILES string of the molecule is Cc1cnc(N2CCc3onc(C(=O)NCCN(C)C)c3C2)nc1. The van der Waals surface area contributed by atoms with Crippen LogP contribution < -0.4 is 10.2 Å². The molecule has 0 saturated heterocycles. The van der Waals surface area contributed by atoms with E-state index in [9.17, 15) is 4.79 Å². The van der Waals surface area contributed by atoms with Gasteiger partial charge in [-0.1, -0.05) is 5.16 Å². The molecule has 1 N–H and O–H groups in total. The minimum absolute atomic E-state index is 0.200. The van der Waals surface area contributed by atoms with Crippen molar-refractivity contribution in [2.24, 2.45) is 0 Å². The Morgan fingerprint density at radius 1 is 1.38 bits per heavy atom. The summed E-state index contributed by atoms with van der Waals surface area (Å²) >= 11 is 0. The van der Waals surface area contributed by atoms with Crippen LogP contribution in [-0.4, -0.2) is 59.7 Å². The highest BCUT2D eigenvalue weighted by molar-refractivity contribution is 5.93. The van der Waals surface area contributed by atoms with Crippen molar-refractivity contribution in [3.05, 3.63) is 35.0 Å². The molecule has 8 nitrogen and oxygen atoms in total. The summed E-state index contributed by atoms with van der Waals surface area (Å²) in [5.41, 5.74) is 2.20. The number of likely N-dealkylation sites (N-methyl/N-ethyl adjacent to an activating group) is 1. The number of rotatable bonds is 5. The Labute approximate surface area is 140 Å². The van der Waals surface area contributed by atoms with Crippen molar-refractivity contribution in [1.29, 1.82) is 0 Å². The van der Waals surface area contributed by atoms with E-state index in [1.165, 1.54) is 0 Å². The summed E-state index contributed by atoms with van der Waals surface area (Å²) in [6, 6.07) is 0. The molecule has 0 aromatic carbocycles. The van der Waals surface area contributed by atoms with Crippen LogP contribution in [-0.2, 0) is 13.0 Å². The number of hydrogen-bond donors (Lipinski definition) is 1. The van der Waals surface area contributed by atoms with Crippen LogP contribution in [0.1, 0.15) is 27.4 Å². The first-order valence-corrected chi connectivity index (χ1v) is 7.98. The number of carbonyl (C=O) groups is 1. The summed E-state index contributed by atoms with van der Waals surface area (Å²) in [6.45, 7) is 4.56. The van der Waals surface area contributed by atoms with E-state index in [-0.39, 0.29) is 5.91 Å². The standard InChI is InChI=1S/C16H22N6O2/c1-11-8-18-16(19-9-11)22-6-4-13-12(10-22)14(20-24-13)15(23)17-5-7-21(2)3/h8-9H,4-7,10H2,1-3H3,(H,17,23). The molecule has 1 aliphatic heterocycles. The molecule has 1 amide bonds. The molecule has 8 heteroatoms. The Morgan fingerprint density at radius 2 is 2.12 bits per heavy atom. The van der Waals surface area contributed by atoms with Gasteiger partial charge in [-0.15, -0.1) is 0 Å². The number of aryl methyl sites for hydroxylation is 1. The number of amides is 1. The van der Waals surface area contributed by atoms with E-state index in [2.05, 4.69) is 20.4 Å². The molecule has 0 aliphatic carbocycles. The van der Waals surface area contributed by atoms with Gasteiger partial charge in [0.15, 0.2) is 5.69 Å². The van der Waals surface area contributed by atoms with E-state index < -0.39 is 0 Å². The van der Waals surface area contributed by atoms with Gasteiger partial charge < -0.3 is 19.6 Å². The van der Waals surface area contributed by atoms with Gasteiger partial charge in [0.2, 0.25) is 5.95 Å². The van der Waals surface area contributed by atoms with E-state index in [4.69, 9.17) is 4.52 Å². The van der Waals surface area contributed by atoms with E-state index >= 15 is 0 Å². The summed E-state index contributed by atoms with van der Waals surface area (Å²) in [5.74, 6) is 1.23. The first-order chi connectivity index (χ1) is 11.5. The van der Waals surface area contributed by atoms with Crippen molar-refractivity contribution in [1.82, 2.24) is 25.3 Å². The molecule has 3 heterocycles. The Bertz CT molecular complexity index is 710. The molecule has 1 aliphatic rings. The van der Waals surface area contributed by atoms with Crippen molar-refractivity contribution < 1.29 is 9.32 Å². The minimum atomic E-state index is -0.200. The third-order valence-electron chi connectivity index (χ3n) is 3.94.